The lowest BCUT2D eigenvalue weighted by atomic mass is 10.0. The zero-order valence-corrected chi connectivity index (χ0v) is 18.7. The highest BCUT2D eigenvalue weighted by Crippen LogP contribution is 2.23. The van der Waals surface area contributed by atoms with Gasteiger partial charge in [0, 0.05) is 23.8 Å². The number of carboxylic acids is 1. The van der Waals surface area contributed by atoms with Gasteiger partial charge in [0.1, 0.15) is 0 Å². The minimum Gasteiger partial charge on any atom is -0.481 e. The molecule has 3 aromatic rings. The molecule has 1 aromatic heterocycles. The van der Waals surface area contributed by atoms with Crippen molar-refractivity contribution < 1.29 is 9.90 Å². The van der Waals surface area contributed by atoms with Crippen LogP contribution in [0.25, 0.3) is 10.8 Å². The summed E-state index contributed by atoms with van der Waals surface area (Å²) in [5.41, 5.74) is 2.12. The van der Waals surface area contributed by atoms with Gasteiger partial charge in [-0.1, -0.05) is 41.9 Å². The molecule has 1 saturated heterocycles. The Hall–Kier alpha value is -2.70. The van der Waals surface area contributed by atoms with E-state index in [1.165, 1.54) is 0 Å². The molecular formula is C24H28ClN3O3. The van der Waals surface area contributed by atoms with E-state index in [-0.39, 0.29) is 11.6 Å². The maximum absolute atomic E-state index is 13.1. The van der Waals surface area contributed by atoms with E-state index in [9.17, 15) is 4.79 Å². The number of fused-ring (bicyclic) bond motifs is 1. The molecule has 7 heteroatoms. The molecule has 2 aromatic carbocycles. The number of rotatable bonds is 3. The fourth-order valence-corrected chi connectivity index (χ4v) is 4.04. The van der Waals surface area contributed by atoms with Crippen molar-refractivity contribution in [2.75, 3.05) is 20.1 Å². The molecule has 0 saturated carbocycles. The number of carboxylic acid groups (broad SMARTS) is 1. The number of aromatic nitrogens is 2. The molecule has 1 atom stereocenters. The van der Waals surface area contributed by atoms with Crippen molar-refractivity contribution in [3.05, 3.63) is 75.2 Å². The quantitative estimate of drug-likeness (QED) is 0.652. The number of aliphatic carboxylic acids is 1. The van der Waals surface area contributed by atoms with Gasteiger partial charge in [0.2, 0.25) is 0 Å². The molecule has 2 heterocycles. The topological polar surface area (TPSA) is 75.4 Å². The average molecular weight is 442 g/mol. The van der Waals surface area contributed by atoms with Crippen LogP contribution in [0.15, 0.2) is 53.3 Å². The van der Waals surface area contributed by atoms with E-state index in [0.29, 0.717) is 6.42 Å². The van der Waals surface area contributed by atoms with Crippen LogP contribution in [-0.2, 0) is 11.2 Å². The lowest BCUT2D eigenvalue weighted by Crippen LogP contribution is -2.29. The Morgan fingerprint density at radius 2 is 1.74 bits per heavy atom. The van der Waals surface area contributed by atoms with Gasteiger partial charge in [-0.25, -0.2) is 4.68 Å². The molecular weight excluding hydrogens is 414 g/mol. The lowest BCUT2D eigenvalue weighted by Gasteiger charge is -2.19. The molecule has 0 bridgehead atoms. The zero-order chi connectivity index (χ0) is 22.4. The van der Waals surface area contributed by atoms with Crippen molar-refractivity contribution in [1.29, 1.82) is 0 Å². The van der Waals surface area contributed by atoms with Gasteiger partial charge in [-0.3, -0.25) is 9.59 Å². The van der Waals surface area contributed by atoms with Gasteiger partial charge < -0.3 is 10.0 Å². The average Bonchev–Trinajstić information content (AvgIpc) is 2.96. The second kappa shape index (κ2) is 10.6. The van der Waals surface area contributed by atoms with Gasteiger partial charge in [-0.05, 0) is 63.2 Å². The van der Waals surface area contributed by atoms with E-state index in [1.807, 2.05) is 48.5 Å². The highest BCUT2D eigenvalue weighted by Gasteiger charge is 2.21. The molecule has 164 valence electrons. The first-order valence-corrected chi connectivity index (χ1v) is 10.9. The van der Waals surface area contributed by atoms with E-state index in [0.717, 1.165) is 66.3 Å². The van der Waals surface area contributed by atoms with Gasteiger partial charge in [-0.2, -0.15) is 5.10 Å². The number of likely N-dealkylation sites (tertiary alicyclic amines) is 1. The number of nitrogens with zero attached hydrogens (tertiary/aromatic N) is 3. The van der Waals surface area contributed by atoms with Crippen molar-refractivity contribution in [3.8, 4) is 0 Å². The van der Waals surface area contributed by atoms with Crippen LogP contribution in [-0.4, -0.2) is 45.9 Å². The second-order valence-corrected chi connectivity index (χ2v) is 8.39. The van der Waals surface area contributed by atoms with Gasteiger partial charge in [0.05, 0.1) is 17.1 Å². The molecule has 1 aliphatic rings. The van der Waals surface area contributed by atoms with Crippen molar-refractivity contribution in [2.45, 2.75) is 38.6 Å². The first-order valence-electron chi connectivity index (χ1n) is 10.5. The highest BCUT2D eigenvalue weighted by atomic mass is 35.5. The van der Waals surface area contributed by atoms with E-state index in [2.05, 4.69) is 11.9 Å². The Kier molecular flexibility index (Phi) is 7.82. The Morgan fingerprint density at radius 3 is 2.42 bits per heavy atom. The normalized spacial score (nSPS) is 16.9. The molecule has 0 amide bonds. The summed E-state index contributed by atoms with van der Waals surface area (Å²) in [5, 5.41) is 14.7. The van der Waals surface area contributed by atoms with Crippen LogP contribution in [0.2, 0.25) is 5.02 Å². The lowest BCUT2D eigenvalue weighted by molar-refractivity contribution is -0.134. The van der Waals surface area contributed by atoms with Crippen LogP contribution in [0.3, 0.4) is 0 Å². The van der Waals surface area contributed by atoms with E-state index in [4.69, 9.17) is 26.6 Å². The maximum atomic E-state index is 13.1. The molecule has 0 aliphatic carbocycles. The van der Waals surface area contributed by atoms with Crippen molar-refractivity contribution in [1.82, 2.24) is 14.7 Å². The summed E-state index contributed by atoms with van der Waals surface area (Å²) in [6.45, 7) is 3.16. The first-order chi connectivity index (χ1) is 14.8. The van der Waals surface area contributed by atoms with Crippen LogP contribution < -0.4 is 5.56 Å². The molecule has 0 unspecified atom stereocenters. The Morgan fingerprint density at radius 1 is 1.10 bits per heavy atom. The van der Waals surface area contributed by atoms with Crippen LogP contribution in [0.4, 0.5) is 0 Å². The van der Waals surface area contributed by atoms with Crippen molar-refractivity contribution in [3.63, 3.8) is 0 Å². The molecule has 1 aliphatic heterocycles. The van der Waals surface area contributed by atoms with Crippen LogP contribution >= 0.6 is 11.6 Å². The van der Waals surface area contributed by atoms with E-state index < -0.39 is 5.97 Å². The van der Waals surface area contributed by atoms with Gasteiger partial charge >= 0.3 is 0 Å². The van der Waals surface area contributed by atoms with Crippen molar-refractivity contribution in [2.24, 2.45) is 0 Å². The minimum atomic E-state index is -0.833. The molecule has 0 radical (unpaired) electrons. The maximum Gasteiger partial charge on any atom is 0.300 e. The fourth-order valence-electron chi connectivity index (χ4n) is 3.91. The van der Waals surface area contributed by atoms with Gasteiger partial charge in [0.25, 0.3) is 11.5 Å². The third-order valence-electron chi connectivity index (χ3n) is 5.46. The molecule has 6 nitrogen and oxygen atoms in total. The third kappa shape index (κ3) is 6.15. The monoisotopic (exact) mass is 441 g/mol. The minimum absolute atomic E-state index is 0.0278. The highest BCUT2D eigenvalue weighted by molar-refractivity contribution is 6.30. The fraction of sp³-hybridized carbons (Fsp3) is 0.375. The summed E-state index contributed by atoms with van der Waals surface area (Å²) in [7, 11) is 2.14. The van der Waals surface area contributed by atoms with E-state index >= 15 is 0 Å². The Balaban J connectivity index is 0.000000628. The molecule has 31 heavy (non-hydrogen) atoms. The SMILES string of the molecule is CC(=O)O.CN1CCC[C@H](n2nc(Cc3ccc(Cl)cc3)c3ccccc3c2=O)CC1. The van der Waals surface area contributed by atoms with Crippen LogP contribution in [0, 0.1) is 0 Å². The Bertz CT molecular complexity index is 1090. The summed E-state index contributed by atoms with van der Waals surface area (Å²) in [6, 6.07) is 15.8. The number of carbonyl (C=O) groups is 1. The summed E-state index contributed by atoms with van der Waals surface area (Å²) >= 11 is 6.02. The zero-order valence-electron chi connectivity index (χ0n) is 17.9. The van der Waals surface area contributed by atoms with Gasteiger partial charge in [0.15, 0.2) is 0 Å². The summed E-state index contributed by atoms with van der Waals surface area (Å²) in [6.07, 6.45) is 3.73. The standard InChI is InChI=1S/C22H24ClN3O.C2H4O2/c1-25-13-4-5-18(12-14-25)26-22(27)20-7-3-2-6-19(20)21(24-26)15-16-8-10-17(23)11-9-16;1-2(3)4/h2-3,6-11,18H,4-5,12-15H2,1H3;1H3,(H,3,4)/t18-;/m0./s1. The first kappa shape index (κ1) is 23.0. The van der Waals surface area contributed by atoms with Gasteiger partial charge in [-0.15, -0.1) is 0 Å². The molecule has 4 rings (SSSR count). The van der Waals surface area contributed by atoms with Crippen molar-refractivity contribution >= 4 is 28.3 Å². The number of hydrogen-bond acceptors (Lipinski definition) is 4. The van der Waals surface area contributed by atoms with Crippen LogP contribution in [0.5, 0.6) is 0 Å². The van der Waals surface area contributed by atoms with E-state index in [1.54, 1.807) is 4.68 Å². The van der Waals surface area contributed by atoms with Crippen LogP contribution in [0.1, 0.15) is 43.5 Å². The number of benzene rings is 2. The summed E-state index contributed by atoms with van der Waals surface area (Å²) < 4.78 is 1.76. The molecule has 1 N–H and O–H groups in total. The summed E-state index contributed by atoms with van der Waals surface area (Å²) in [5.74, 6) is -0.833. The number of hydrogen-bond donors (Lipinski definition) is 1. The number of halogens is 1. The largest absolute Gasteiger partial charge is 0.481 e. The second-order valence-electron chi connectivity index (χ2n) is 7.95. The molecule has 0 spiro atoms. The predicted octanol–water partition coefficient (Wildman–Crippen LogP) is 4.39. The Labute approximate surface area is 187 Å². The predicted molar refractivity (Wildman–Crippen MR) is 124 cm³/mol. The smallest absolute Gasteiger partial charge is 0.300 e. The molecule has 1 fully saturated rings. The third-order valence-corrected chi connectivity index (χ3v) is 5.71. The summed E-state index contributed by atoms with van der Waals surface area (Å²) in [4.78, 5) is 24.5.